The largest absolute Gasteiger partial charge is 0.508 e. The van der Waals surface area contributed by atoms with Crippen LogP contribution in [0.3, 0.4) is 0 Å². The number of thiophene rings is 1. The topological polar surface area (TPSA) is 161 Å². The van der Waals surface area contributed by atoms with Gasteiger partial charge in [-0.3, -0.25) is 9.69 Å². The maximum absolute atomic E-state index is 13.6. The third-order valence-corrected chi connectivity index (χ3v) is 16.2. The van der Waals surface area contributed by atoms with Gasteiger partial charge in [-0.2, -0.15) is 15.6 Å². The minimum atomic E-state index is -0.612. The zero-order valence-electron chi connectivity index (χ0n) is 49.3. The Bertz CT molecular complexity index is 3670. The van der Waals surface area contributed by atoms with Crippen molar-refractivity contribution in [2.45, 2.75) is 70.8 Å². The molecule has 0 spiro atoms. The molecule has 0 aliphatic carbocycles. The normalized spacial score (nSPS) is 12.9. The summed E-state index contributed by atoms with van der Waals surface area (Å²) in [4.78, 5) is 22.9. The molecule has 14 heteroatoms. The van der Waals surface area contributed by atoms with Crippen molar-refractivity contribution in [2.24, 2.45) is 0 Å². The number of likely N-dealkylation sites (N-methyl/N-ethyl adjacent to an activating group) is 1. The molecule has 0 atom stereocenters. The van der Waals surface area contributed by atoms with E-state index in [1.54, 1.807) is 53.5 Å². The van der Waals surface area contributed by atoms with Gasteiger partial charge in [0.15, 0.2) is 5.78 Å². The van der Waals surface area contributed by atoms with Crippen molar-refractivity contribution in [1.82, 2.24) is 24.6 Å². The zero-order chi connectivity index (χ0) is 60.3. The molecule has 436 valence electrons. The molecule has 9 aromatic rings. The van der Waals surface area contributed by atoms with E-state index in [0.29, 0.717) is 36.8 Å². The first-order valence-corrected chi connectivity index (χ1v) is 30.0. The predicted octanol–water partition coefficient (Wildman–Crippen LogP) is 15.2. The van der Waals surface area contributed by atoms with E-state index in [0.717, 1.165) is 81.3 Å². The highest BCUT2D eigenvalue weighted by Crippen LogP contribution is 2.42. The maximum atomic E-state index is 13.6. The number of benzene rings is 7. The molecule has 2 N–H and O–H groups in total. The van der Waals surface area contributed by atoms with Crippen LogP contribution >= 0.6 is 22.9 Å². The number of fused-ring (bicyclic) bond motifs is 1. The van der Waals surface area contributed by atoms with Gasteiger partial charge in [0.2, 0.25) is 0 Å². The number of aromatic nitrogens is 3. The number of likely N-dealkylation sites (tertiary alicyclic amines) is 1. The van der Waals surface area contributed by atoms with E-state index in [-0.39, 0.29) is 17.3 Å². The first-order chi connectivity index (χ1) is 41.0. The number of piperidine rings is 1. The minimum absolute atomic E-state index is 0.0834. The number of phenols is 2. The fraction of sp³-hybridized carbons (Fsp3) is 0.282. The number of aromatic hydroxyl groups is 2. The lowest BCUT2D eigenvalue weighted by molar-refractivity contribution is 0.104. The number of hydrogen-bond acceptors (Lipinski definition) is 12. The van der Waals surface area contributed by atoms with Crippen molar-refractivity contribution in [1.29, 1.82) is 10.5 Å². The van der Waals surface area contributed by atoms with E-state index in [4.69, 9.17) is 21.1 Å². The third kappa shape index (κ3) is 17.1. The summed E-state index contributed by atoms with van der Waals surface area (Å²) in [7, 11) is 4.09. The smallest absolute Gasteiger partial charge is 0.195 e. The highest BCUT2D eigenvalue weighted by molar-refractivity contribution is 7.22. The fourth-order valence-electron chi connectivity index (χ4n) is 9.92. The third-order valence-electron chi connectivity index (χ3n) is 14.9. The molecule has 0 saturated carbocycles. The van der Waals surface area contributed by atoms with Gasteiger partial charge >= 0.3 is 0 Å². The SMILES string of the molecule is CC(C)(C#N)c1cc(Cn2cncn2)cc(C(C)(C)C#N)c1.CN(C)CCOc1ccc(/C(=C(/CCCl)c2ccccc2)c2ccccc2)cc1.O=C(c1ccc(OCCN2CCCCC2)cc1)c1c(-c2ccc(O)cc2)sc2cc(O)ccc12. The van der Waals surface area contributed by atoms with Crippen molar-refractivity contribution < 1.29 is 24.5 Å². The van der Waals surface area contributed by atoms with Gasteiger partial charge in [0.1, 0.15) is 48.9 Å². The summed E-state index contributed by atoms with van der Waals surface area (Å²) in [5, 5.41) is 43.4. The highest BCUT2D eigenvalue weighted by atomic mass is 35.5. The highest BCUT2D eigenvalue weighted by Gasteiger charge is 2.27. The number of carbonyl (C=O) groups excluding carboxylic acids is 1. The molecule has 1 saturated heterocycles. The molecule has 0 unspecified atom stereocenters. The molecule has 0 amide bonds. The van der Waals surface area contributed by atoms with Crippen LogP contribution in [-0.4, -0.2) is 99.9 Å². The van der Waals surface area contributed by atoms with Crippen molar-refractivity contribution in [3.8, 4) is 45.6 Å². The molecule has 3 heterocycles. The second kappa shape index (κ2) is 29.8. The van der Waals surface area contributed by atoms with Crippen LogP contribution in [0.15, 0.2) is 183 Å². The maximum Gasteiger partial charge on any atom is 0.195 e. The van der Waals surface area contributed by atoms with Gasteiger partial charge in [-0.25, -0.2) is 9.67 Å². The summed E-state index contributed by atoms with van der Waals surface area (Å²) in [6, 6.07) is 59.3. The van der Waals surface area contributed by atoms with Crippen LogP contribution in [0.5, 0.6) is 23.0 Å². The van der Waals surface area contributed by atoms with Crippen molar-refractivity contribution in [2.75, 3.05) is 59.4 Å². The standard InChI is InChI=1S/C28H27NO4S.C26H28ClNO.C17H19N5/c30-21-8-4-20(5-9-21)28-26(24-13-10-22(31)18-25(24)34-28)27(32)19-6-11-23(12-7-19)33-17-16-29-14-2-1-3-15-29;1-28(2)19-20-29-24-15-13-23(14-16-24)26(22-11-7-4-8-12-22)25(17-18-27)21-9-5-3-6-10-21;1-16(2,9-18)14-5-13(8-22-12-20-11-21-22)6-15(7-14)17(3,4)10-19/h4-13,18,30-31H,1-3,14-17H2;3-16H,17-20H2,1-2H3;5-7,11-12H,8H2,1-4H3/b;26-25-;. The second-order valence-electron chi connectivity index (χ2n) is 22.3. The van der Waals surface area contributed by atoms with Gasteiger partial charge in [0.25, 0.3) is 0 Å². The van der Waals surface area contributed by atoms with Gasteiger partial charge < -0.3 is 24.6 Å². The van der Waals surface area contributed by atoms with Crippen LogP contribution in [0.2, 0.25) is 0 Å². The summed E-state index contributed by atoms with van der Waals surface area (Å²) in [6.45, 7) is 13.5. The second-order valence-corrected chi connectivity index (χ2v) is 23.8. The number of nitrogens with zero attached hydrogens (tertiary/aromatic N) is 7. The Morgan fingerprint density at radius 2 is 1.25 bits per heavy atom. The number of nitriles is 2. The molecule has 2 aromatic heterocycles. The monoisotopic (exact) mass is 1170 g/mol. The lowest BCUT2D eigenvalue weighted by atomic mass is 9.79. The zero-order valence-corrected chi connectivity index (χ0v) is 50.9. The predicted molar refractivity (Wildman–Crippen MR) is 344 cm³/mol. The quantitative estimate of drug-likeness (QED) is 0.0425. The summed E-state index contributed by atoms with van der Waals surface area (Å²) >= 11 is 7.67. The van der Waals surface area contributed by atoms with Crippen LogP contribution in [0.4, 0.5) is 0 Å². The van der Waals surface area contributed by atoms with Crippen LogP contribution in [0.1, 0.15) is 103 Å². The van der Waals surface area contributed by atoms with E-state index < -0.39 is 10.8 Å². The van der Waals surface area contributed by atoms with E-state index in [2.05, 4.69) is 105 Å². The van der Waals surface area contributed by atoms with Gasteiger partial charge in [-0.05, 0) is 203 Å². The van der Waals surface area contributed by atoms with Crippen molar-refractivity contribution >= 4 is 50.0 Å². The van der Waals surface area contributed by atoms with Gasteiger partial charge in [0.05, 0.1) is 29.5 Å². The Morgan fingerprint density at radius 1 is 0.682 bits per heavy atom. The van der Waals surface area contributed by atoms with E-state index in [1.165, 1.54) is 64.8 Å². The Hall–Kier alpha value is -8.56. The van der Waals surface area contributed by atoms with Gasteiger partial charge in [-0.15, -0.1) is 22.9 Å². The van der Waals surface area contributed by atoms with Crippen LogP contribution in [-0.2, 0) is 17.4 Å². The Balaban J connectivity index is 0.000000170. The fourth-order valence-corrected chi connectivity index (χ4v) is 11.3. The number of hydrogen-bond donors (Lipinski definition) is 2. The molecular formula is C71H74ClN7O5S. The molecule has 10 rings (SSSR count). The Labute approximate surface area is 509 Å². The summed E-state index contributed by atoms with van der Waals surface area (Å²) in [5.74, 6) is 2.47. The van der Waals surface area contributed by atoms with Crippen molar-refractivity contribution in [3.05, 3.63) is 227 Å². The first-order valence-electron chi connectivity index (χ1n) is 28.7. The van der Waals surface area contributed by atoms with Crippen LogP contribution < -0.4 is 9.47 Å². The molecule has 7 aromatic carbocycles. The average molecular weight is 1170 g/mol. The van der Waals surface area contributed by atoms with Crippen molar-refractivity contribution in [3.63, 3.8) is 0 Å². The first kappa shape index (κ1) is 62.5. The van der Waals surface area contributed by atoms with Crippen LogP contribution in [0, 0.1) is 22.7 Å². The number of rotatable bonds is 20. The molecule has 0 radical (unpaired) electrons. The van der Waals surface area contributed by atoms with Crippen LogP contribution in [0.25, 0.3) is 31.7 Å². The number of ether oxygens (including phenoxy) is 2. The lowest BCUT2D eigenvalue weighted by Gasteiger charge is -2.26. The molecule has 12 nitrogen and oxygen atoms in total. The number of phenolic OH excluding ortho intramolecular Hbond substituents is 2. The summed E-state index contributed by atoms with van der Waals surface area (Å²) in [5.41, 5.74) is 9.67. The summed E-state index contributed by atoms with van der Waals surface area (Å²) < 4.78 is 14.4. The van der Waals surface area contributed by atoms with E-state index in [1.807, 2.05) is 96.4 Å². The van der Waals surface area contributed by atoms with Gasteiger partial charge in [-0.1, -0.05) is 97.4 Å². The summed E-state index contributed by atoms with van der Waals surface area (Å²) in [6.07, 6.45) is 7.79. The number of carbonyl (C=O) groups is 1. The van der Waals surface area contributed by atoms with Gasteiger partial charge in [0, 0.05) is 45.1 Å². The number of alkyl halides is 1. The molecule has 85 heavy (non-hydrogen) atoms. The number of halogens is 1. The number of ketones is 1. The lowest BCUT2D eigenvalue weighted by Crippen LogP contribution is -2.33. The molecule has 1 fully saturated rings. The molecule has 0 bridgehead atoms. The molecule has 1 aliphatic rings. The number of allylic oxidation sites excluding steroid dienone is 1. The van der Waals surface area contributed by atoms with E-state index in [9.17, 15) is 25.5 Å². The minimum Gasteiger partial charge on any atom is -0.508 e. The molecular weight excluding hydrogens is 1100 g/mol. The van der Waals surface area contributed by atoms with E-state index >= 15 is 0 Å². The Morgan fingerprint density at radius 3 is 1.81 bits per heavy atom. The molecule has 1 aliphatic heterocycles. The average Bonchev–Trinajstić information content (AvgIpc) is 2.68. The Kier molecular flexibility index (Phi) is 21.9.